The molecule has 7 nitrogen and oxygen atoms in total. The van der Waals surface area contributed by atoms with Gasteiger partial charge in [-0.1, -0.05) is 86.0 Å². The van der Waals surface area contributed by atoms with Crippen molar-refractivity contribution < 1.29 is 18.0 Å². The van der Waals surface area contributed by atoms with Crippen LogP contribution in [0, 0.1) is 19.8 Å². The summed E-state index contributed by atoms with van der Waals surface area (Å²) in [6.45, 7) is 9.79. The van der Waals surface area contributed by atoms with E-state index < -0.39 is 28.5 Å². The second-order valence-electron chi connectivity index (χ2n) is 10.4. The SMILES string of the molecule is CC[C@@H](C(=O)NCC(C)C)N(Cc1ccc(C)cc1)C(=O)CN(c1cccc(Cl)c1)S(=O)(=O)c1ccc(C)cc1. The average Bonchev–Trinajstić information content (AvgIpc) is 2.91. The Morgan fingerprint density at radius 2 is 1.52 bits per heavy atom. The first-order valence-corrected chi connectivity index (χ1v) is 15.2. The molecule has 1 N–H and O–H groups in total. The Morgan fingerprint density at radius 1 is 0.925 bits per heavy atom. The highest BCUT2D eigenvalue weighted by atomic mass is 35.5. The van der Waals surface area contributed by atoms with Gasteiger partial charge in [-0.05, 0) is 62.1 Å². The van der Waals surface area contributed by atoms with Crippen molar-refractivity contribution in [3.8, 4) is 0 Å². The Kier molecular flexibility index (Phi) is 10.8. The molecule has 0 aliphatic carbocycles. The van der Waals surface area contributed by atoms with Gasteiger partial charge in [0.2, 0.25) is 11.8 Å². The van der Waals surface area contributed by atoms with Crippen molar-refractivity contribution in [3.05, 3.63) is 94.5 Å². The van der Waals surface area contributed by atoms with Gasteiger partial charge in [-0.25, -0.2) is 8.42 Å². The van der Waals surface area contributed by atoms with Crippen molar-refractivity contribution in [1.29, 1.82) is 0 Å². The number of nitrogens with zero attached hydrogens (tertiary/aromatic N) is 2. The quantitative estimate of drug-likeness (QED) is 0.295. The molecule has 40 heavy (non-hydrogen) atoms. The minimum Gasteiger partial charge on any atom is -0.354 e. The lowest BCUT2D eigenvalue weighted by Crippen LogP contribution is -2.52. The molecule has 3 aromatic rings. The average molecular weight is 584 g/mol. The lowest BCUT2D eigenvalue weighted by molar-refractivity contribution is -0.140. The molecular formula is C31H38ClN3O4S. The zero-order chi connectivity index (χ0) is 29.4. The smallest absolute Gasteiger partial charge is 0.264 e. The van der Waals surface area contributed by atoms with E-state index in [2.05, 4.69) is 5.32 Å². The Balaban J connectivity index is 2.04. The van der Waals surface area contributed by atoms with Crippen LogP contribution in [0.15, 0.2) is 77.7 Å². The van der Waals surface area contributed by atoms with Crippen LogP contribution in [0.5, 0.6) is 0 Å². The van der Waals surface area contributed by atoms with Crippen LogP contribution in [0.25, 0.3) is 0 Å². The van der Waals surface area contributed by atoms with Crippen molar-refractivity contribution in [2.75, 3.05) is 17.4 Å². The van der Waals surface area contributed by atoms with Crippen LogP contribution in [0.1, 0.15) is 43.9 Å². The molecule has 214 valence electrons. The van der Waals surface area contributed by atoms with Gasteiger partial charge in [0.1, 0.15) is 12.6 Å². The minimum absolute atomic E-state index is 0.0534. The highest BCUT2D eigenvalue weighted by molar-refractivity contribution is 7.92. The number of carbonyl (C=O) groups is 2. The van der Waals surface area contributed by atoms with E-state index in [1.54, 1.807) is 30.3 Å². The molecule has 0 aromatic heterocycles. The van der Waals surface area contributed by atoms with E-state index in [1.165, 1.54) is 23.1 Å². The Hall–Kier alpha value is -3.36. The van der Waals surface area contributed by atoms with Crippen molar-refractivity contribution in [2.45, 2.75) is 58.5 Å². The first-order chi connectivity index (χ1) is 18.9. The topological polar surface area (TPSA) is 86.8 Å². The number of hydrogen-bond donors (Lipinski definition) is 1. The highest BCUT2D eigenvalue weighted by Crippen LogP contribution is 2.27. The lowest BCUT2D eigenvalue weighted by atomic mass is 10.1. The van der Waals surface area contributed by atoms with Gasteiger partial charge >= 0.3 is 0 Å². The summed E-state index contributed by atoms with van der Waals surface area (Å²) in [6.07, 6.45) is 0.364. The van der Waals surface area contributed by atoms with Gasteiger partial charge in [-0.3, -0.25) is 13.9 Å². The predicted molar refractivity (Wildman–Crippen MR) is 161 cm³/mol. The van der Waals surface area contributed by atoms with Gasteiger partial charge in [0.25, 0.3) is 10.0 Å². The van der Waals surface area contributed by atoms with Crippen LogP contribution in [-0.4, -0.2) is 44.3 Å². The summed E-state index contributed by atoms with van der Waals surface area (Å²) < 4.78 is 28.8. The first kappa shape index (κ1) is 31.2. The van der Waals surface area contributed by atoms with Crippen LogP contribution in [0.2, 0.25) is 5.02 Å². The molecule has 0 bridgehead atoms. The number of rotatable bonds is 12. The fourth-order valence-electron chi connectivity index (χ4n) is 4.23. The van der Waals surface area contributed by atoms with Crippen LogP contribution >= 0.6 is 11.6 Å². The van der Waals surface area contributed by atoms with Crippen molar-refractivity contribution in [3.63, 3.8) is 0 Å². The molecular weight excluding hydrogens is 546 g/mol. The Labute approximate surface area is 243 Å². The summed E-state index contributed by atoms with van der Waals surface area (Å²) >= 11 is 6.23. The molecule has 2 amide bonds. The number of benzene rings is 3. The lowest BCUT2D eigenvalue weighted by Gasteiger charge is -2.33. The van der Waals surface area contributed by atoms with Gasteiger partial charge < -0.3 is 10.2 Å². The molecule has 0 heterocycles. The van der Waals surface area contributed by atoms with Crippen LogP contribution in [-0.2, 0) is 26.2 Å². The van der Waals surface area contributed by atoms with E-state index in [9.17, 15) is 18.0 Å². The summed E-state index contributed by atoms with van der Waals surface area (Å²) in [4.78, 5) is 28.9. The molecule has 0 fully saturated rings. The number of halogens is 1. The number of anilines is 1. The maximum Gasteiger partial charge on any atom is 0.264 e. The Morgan fingerprint density at radius 3 is 2.08 bits per heavy atom. The number of carbonyl (C=O) groups excluding carboxylic acids is 2. The van der Waals surface area contributed by atoms with Gasteiger partial charge in [0.05, 0.1) is 10.6 Å². The van der Waals surface area contributed by atoms with E-state index in [0.717, 1.165) is 21.0 Å². The fraction of sp³-hybridized carbons (Fsp3) is 0.355. The number of sulfonamides is 1. The van der Waals surface area contributed by atoms with E-state index in [1.807, 2.05) is 58.9 Å². The van der Waals surface area contributed by atoms with Gasteiger partial charge in [-0.15, -0.1) is 0 Å². The van der Waals surface area contributed by atoms with E-state index in [-0.39, 0.29) is 29.0 Å². The standard InChI is InChI=1S/C31H38ClN3O4S/c1-6-29(31(37)33-19-22(2)3)34(20-25-14-10-23(4)11-15-25)30(36)21-35(27-9-7-8-26(32)18-27)40(38,39)28-16-12-24(5)13-17-28/h7-18,22,29H,6,19-21H2,1-5H3,(H,33,37)/t29-/m0/s1. The number of aryl methyl sites for hydroxylation is 2. The maximum atomic E-state index is 14.1. The van der Waals surface area contributed by atoms with Crippen LogP contribution in [0.3, 0.4) is 0 Å². The van der Waals surface area contributed by atoms with Gasteiger partial charge in [0.15, 0.2) is 0 Å². The first-order valence-electron chi connectivity index (χ1n) is 13.4. The molecule has 0 spiro atoms. The molecule has 0 radical (unpaired) electrons. The number of amides is 2. The third-order valence-corrected chi connectivity index (χ3v) is 8.55. The third-order valence-electron chi connectivity index (χ3n) is 6.53. The van der Waals surface area contributed by atoms with Crippen LogP contribution < -0.4 is 9.62 Å². The van der Waals surface area contributed by atoms with E-state index >= 15 is 0 Å². The summed E-state index contributed by atoms with van der Waals surface area (Å²) in [5, 5.41) is 3.27. The van der Waals surface area contributed by atoms with Gasteiger partial charge in [0, 0.05) is 18.1 Å². The normalized spacial score (nSPS) is 12.2. The fourth-order valence-corrected chi connectivity index (χ4v) is 5.82. The zero-order valence-corrected chi connectivity index (χ0v) is 25.3. The van der Waals surface area contributed by atoms with Crippen LogP contribution in [0.4, 0.5) is 5.69 Å². The monoisotopic (exact) mass is 583 g/mol. The van der Waals surface area contributed by atoms with E-state index in [4.69, 9.17) is 11.6 Å². The molecule has 0 saturated carbocycles. The van der Waals surface area contributed by atoms with Crippen molar-refractivity contribution in [2.24, 2.45) is 5.92 Å². The van der Waals surface area contributed by atoms with E-state index in [0.29, 0.717) is 18.0 Å². The second-order valence-corrected chi connectivity index (χ2v) is 12.7. The molecule has 0 aliphatic rings. The second kappa shape index (κ2) is 13.8. The minimum atomic E-state index is -4.14. The molecule has 0 unspecified atom stereocenters. The third kappa shape index (κ3) is 8.08. The highest BCUT2D eigenvalue weighted by Gasteiger charge is 2.33. The molecule has 0 saturated heterocycles. The molecule has 3 rings (SSSR count). The summed E-state index contributed by atoms with van der Waals surface area (Å²) in [5.41, 5.74) is 3.07. The number of hydrogen-bond acceptors (Lipinski definition) is 4. The molecule has 9 heteroatoms. The molecule has 1 atom stereocenters. The number of nitrogens with one attached hydrogen (secondary N) is 1. The van der Waals surface area contributed by atoms with Crippen molar-refractivity contribution in [1.82, 2.24) is 10.2 Å². The Bertz CT molecular complexity index is 1410. The largest absolute Gasteiger partial charge is 0.354 e. The molecule has 0 aliphatic heterocycles. The zero-order valence-electron chi connectivity index (χ0n) is 23.7. The van der Waals surface area contributed by atoms with Gasteiger partial charge in [-0.2, -0.15) is 0 Å². The molecule has 3 aromatic carbocycles. The maximum absolute atomic E-state index is 14.1. The summed E-state index contributed by atoms with van der Waals surface area (Å²) in [6, 6.07) is 19.8. The predicted octanol–water partition coefficient (Wildman–Crippen LogP) is 5.73. The van der Waals surface area contributed by atoms with Crippen molar-refractivity contribution >= 4 is 39.1 Å². The summed E-state index contributed by atoms with van der Waals surface area (Å²) in [7, 11) is -4.14. The summed E-state index contributed by atoms with van der Waals surface area (Å²) in [5.74, 6) is -0.532.